The first-order valence-corrected chi connectivity index (χ1v) is 7.78. The maximum Gasteiger partial charge on any atom is 0.422 e. The Balaban J connectivity index is 1.90. The molecule has 2 rings (SSSR count). The molecular formula is C18H19F3N2O2. The molecule has 4 nitrogen and oxygen atoms in total. The van der Waals surface area contributed by atoms with Crippen molar-refractivity contribution in [2.75, 3.05) is 23.8 Å². The van der Waals surface area contributed by atoms with Crippen LogP contribution in [0.5, 0.6) is 5.75 Å². The maximum atomic E-state index is 12.3. The molecule has 0 radical (unpaired) electrons. The van der Waals surface area contributed by atoms with Crippen LogP contribution in [-0.4, -0.2) is 25.2 Å². The molecule has 7 heteroatoms. The summed E-state index contributed by atoms with van der Waals surface area (Å²) in [6.45, 7) is 0.555. The number of alkyl halides is 3. The Morgan fingerprint density at radius 2 is 1.76 bits per heavy atom. The third-order valence-electron chi connectivity index (χ3n) is 3.36. The van der Waals surface area contributed by atoms with E-state index in [4.69, 9.17) is 4.74 Å². The zero-order chi connectivity index (χ0) is 18.3. The van der Waals surface area contributed by atoms with Crippen LogP contribution >= 0.6 is 0 Å². The number of hydrogen-bond acceptors (Lipinski definition) is 3. The van der Waals surface area contributed by atoms with Gasteiger partial charge in [-0.1, -0.05) is 31.2 Å². The molecule has 134 valence electrons. The molecule has 0 aliphatic heterocycles. The third kappa shape index (κ3) is 6.37. The van der Waals surface area contributed by atoms with Crippen LogP contribution in [0.25, 0.3) is 0 Å². The lowest BCUT2D eigenvalue weighted by atomic mass is 10.1. The second-order valence-electron chi connectivity index (χ2n) is 5.35. The van der Waals surface area contributed by atoms with Crippen molar-refractivity contribution in [1.29, 1.82) is 0 Å². The highest BCUT2D eigenvalue weighted by molar-refractivity contribution is 5.93. The number of aryl methyl sites for hydroxylation is 1. The summed E-state index contributed by atoms with van der Waals surface area (Å²) in [7, 11) is 0. The minimum atomic E-state index is -4.42. The highest BCUT2D eigenvalue weighted by Crippen LogP contribution is 2.26. The number of anilines is 2. The summed E-state index contributed by atoms with van der Waals surface area (Å²) < 4.78 is 41.6. The zero-order valence-corrected chi connectivity index (χ0v) is 13.7. The van der Waals surface area contributed by atoms with E-state index in [0.29, 0.717) is 11.4 Å². The average molecular weight is 352 g/mol. The molecule has 0 aliphatic carbocycles. The minimum absolute atomic E-state index is 0.0416. The number of halogens is 3. The van der Waals surface area contributed by atoms with Crippen LogP contribution in [0.2, 0.25) is 0 Å². The number of benzene rings is 2. The summed E-state index contributed by atoms with van der Waals surface area (Å²) >= 11 is 0. The van der Waals surface area contributed by atoms with Gasteiger partial charge in [0.15, 0.2) is 6.61 Å². The Labute approximate surface area is 144 Å². The molecule has 0 aromatic heterocycles. The molecule has 0 bridgehead atoms. The van der Waals surface area contributed by atoms with Gasteiger partial charge in [-0.3, -0.25) is 4.79 Å². The van der Waals surface area contributed by atoms with Crippen molar-refractivity contribution in [3.8, 4) is 5.75 Å². The SMILES string of the molecule is CCc1ccc(NC(=O)CNc2ccccc2OCC(F)(F)F)cc1. The van der Waals surface area contributed by atoms with Crippen molar-refractivity contribution in [3.05, 3.63) is 54.1 Å². The lowest BCUT2D eigenvalue weighted by Crippen LogP contribution is -2.23. The lowest BCUT2D eigenvalue weighted by Gasteiger charge is -2.14. The van der Waals surface area contributed by atoms with Crippen LogP contribution in [0.15, 0.2) is 48.5 Å². The van der Waals surface area contributed by atoms with Crippen LogP contribution in [-0.2, 0) is 11.2 Å². The summed E-state index contributed by atoms with van der Waals surface area (Å²) in [5, 5.41) is 5.50. The van der Waals surface area contributed by atoms with E-state index in [9.17, 15) is 18.0 Å². The maximum absolute atomic E-state index is 12.3. The van der Waals surface area contributed by atoms with E-state index in [1.54, 1.807) is 30.3 Å². The van der Waals surface area contributed by atoms with E-state index in [-0.39, 0.29) is 18.2 Å². The van der Waals surface area contributed by atoms with Crippen LogP contribution < -0.4 is 15.4 Å². The number of amides is 1. The van der Waals surface area contributed by atoms with Gasteiger partial charge in [0.1, 0.15) is 5.75 Å². The molecule has 0 unspecified atom stereocenters. The van der Waals surface area contributed by atoms with E-state index >= 15 is 0 Å². The average Bonchev–Trinajstić information content (AvgIpc) is 2.59. The summed E-state index contributed by atoms with van der Waals surface area (Å²) in [5.41, 5.74) is 2.14. The molecular weight excluding hydrogens is 333 g/mol. The fraction of sp³-hybridized carbons (Fsp3) is 0.278. The van der Waals surface area contributed by atoms with Gasteiger partial charge in [0.05, 0.1) is 12.2 Å². The van der Waals surface area contributed by atoms with Crippen LogP contribution in [0.3, 0.4) is 0 Å². The fourth-order valence-electron chi connectivity index (χ4n) is 2.10. The number of rotatable bonds is 7. The molecule has 25 heavy (non-hydrogen) atoms. The van der Waals surface area contributed by atoms with Gasteiger partial charge in [-0.2, -0.15) is 13.2 Å². The topological polar surface area (TPSA) is 50.4 Å². The van der Waals surface area contributed by atoms with Crippen molar-refractivity contribution in [3.63, 3.8) is 0 Å². The monoisotopic (exact) mass is 352 g/mol. The van der Waals surface area contributed by atoms with E-state index in [1.807, 2.05) is 19.1 Å². The second kappa shape index (κ2) is 8.41. The fourth-order valence-corrected chi connectivity index (χ4v) is 2.10. The van der Waals surface area contributed by atoms with Gasteiger partial charge in [0, 0.05) is 5.69 Å². The van der Waals surface area contributed by atoms with Gasteiger partial charge in [0.25, 0.3) is 0 Å². The number of carbonyl (C=O) groups excluding carboxylic acids is 1. The molecule has 0 saturated carbocycles. The van der Waals surface area contributed by atoms with Gasteiger partial charge in [-0.05, 0) is 36.2 Å². The van der Waals surface area contributed by atoms with E-state index < -0.39 is 12.8 Å². The van der Waals surface area contributed by atoms with Crippen LogP contribution in [0, 0.1) is 0 Å². The standard InChI is InChI=1S/C18H19F3N2O2/c1-2-13-7-9-14(10-8-13)23-17(24)11-22-15-5-3-4-6-16(15)25-12-18(19,20)21/h3-10,22H,2,11-12H2,1H3,(H,23,24). The van der Waals surface area contributed by atoms with Crippen molar-refractivity contribution >= 4 is 17.3 Å². The van der Waals surface area contributed by atoms with Crippen molar-refractivity contribution in [2.45, 2.75) is 19.5 Å². The second-order valence-corrected chi connectivity index (χ2v) is 5.35. The summed E-state index contributed by atoms with van der Waals surface area (Å²) in [4.78, 5) is 12.0. The quantitative estimate of drug-likeness (QED) is 0.784. The van der Waals surface area contributed by atoms with Crippen molar-refractivity contribution < 1.29 is 22.7 Å². The van der Waals surface area contributed by atoms with E-state index in [2.05, 4.69) is 10.6 Å². The smallest absolute Gasteiger partial charge is 0.422 e. The number of para-hydroxylation sites is 2. The van der Waals surface area contributed by atoms with Crippen molar-refractivity contribution in [2.24, 2.45) is 0 Å². The zero-order valence-electron chi connectivity index (χ0n) is 13.7. The predicted octanol–water partition coefficient (Wildman–Crippen LogP) is 4.24. The number of hydrogen-bond donors (Lipinski definition) is 2. The lowest BCUT2D eigenvalue weighted by molar-refractivity contribution is -0.153. The number of ether oxygens (including phenoxy) is 1. The molecule has 0 saturated heterocycles. The normalized spacial score (nSPS) is 11.0. The van der Waals surface area contributed by atoms with Crippen molar-refractivity contribution in [1.82, 2.24) is 0 Å². The Morgan fingerprint density at radius 3 is 2.40 bits per heavy atom. The highest BCUT2D eigenvalue weighted by atomic mass is 19.4. The van der Waals surface area contributed by atoms with Gasteiger partial charge in [0.2, 0.25) is 5.91 Å². The van der Waals surface area contributed by atoms with Gasteiger partial charge in [-0.25, -0.2) is 0 Å². The highest BCUT2D eigenvalue weighted by Gasteiger charge is 2.28. The van der Waals surface area contributed by atoms with Gasteiger partial charge < -0.3 is 15.4 Å². The summed E-state index contributed by atoms with van der Waals surface area (Å²) in [6.07, 6.45) is -3.51. The first-order chi connectivity index (χ1) is 11.9. The summed E-state index contributed by atoms with van der Waals surface area (Å²) in [6, 6.07) is 13.6. The Morgan fingerprint density at radius 1 is 1.08 bits per heavy atom. The molecule has 0 fully saturated rings. The Bertz CT molecular complexity index is 700. The molecule has 2 N–H and O–H groups in total. The minimum Gasteiger partial charge on any atom is -0.482 e. The first kappa shape index (κ1) is 18.6. The van der Waals surface area contributed by atoms with E-state index in [1.165, 1.54) is 6.07 Å². The molecule has 0 spiro atoms. The number of carbonyl (C=O) groups is 1. The van der Waals surface area contributed by atoms with Gasteiger partial charge in [-0.15, -0.1) is 0 Å². The predicted molar refractivity (Wildman–Crippen MR) is 90.9 cm³/mol. The van der Waals surface area contributed by atoms with Gasteiger partial charge >= 0.3 is 6.18 Å². The molecule has 1 amide bonds. The van der Waals surface area contributed by atoms with Crippen LogP contribution in [0.4, 0.5) is 24.5 Å². The molecule has 0 heterocycles. The Kier molecular flexibility index (Phi) is 6.27. The molecule has 2 aromatic rings. The van der Waals surface area contributed by atoms with E-state index in [0.717, 1.165) is 12.0 Å². The molecule has 2 aromatic carbocycles. The molecule has 0 aliphatic rings. The third-order valence-corrected chi connectivity index (χ3v) is 3.36. The summed E-state index contributed by atoms with van der Waals surface area (Å²) in [5.74, 6) is -0.269. The molecule has 0 atom stereocenters. The first-order valence-electron chi connectivity index (χ1n) is 7.78. The number of nitrogens with one attached hydrogen (secondary N) is 2. The largest absolute Gasteiger partial charge is 0.482 e. The Hall–Kier alpha value is -2.70. The van der Waals surface area contributed by atoms with Crippen LogP contribution in [0.1, 0.15) is 12.5 Å².